The number of carboxylic acid groups (broad SMARTS) is 1. The molecule has 104 valence electrons. The van der Waals surface area contributed by atoms with Gasteiger partial charge in [-0.2, -0.15) is 0 Å². The van der Waals surface area contributed by atoms with Gasteiger partial charge in [0.15, 0.2) is 0 Å². The van der Waals surface area contributed by atoms with E-state index in [1.54, 1.807) is 30.3 Å². The summed E-state index contributed by atoms with van der Waals surface area (Å²) in [4.78, 5) is 10.8. The van der Waals surface area contributed by atoms with Crippen molar-refractivity contribution in [2.24, 2.45) is 0 Å². The molecule has 20 heavy (non-hydrogen) atoms. The summed E-state index contributed by atoms with van der Waals surface area (Å²) >= 11 is 5.89. The Bertz CT molecular complexity index is 628. The van der Waals surface area contributed by atoms with Gasteiger partial charge in [0.05, 0.1) is 12.1 Å². The molecule has 0 spiro atoms. The third kappa shape index (κ3) is 3.65. The highest BCUT2D eigenvalue weighted by Crippen LogP contribution is 2.26. The summed E-state index contributed by atoms with van der Waals surface area (Å²) in [5.74, 6) is -0.387. The number of hydrogen-bond donors (Lipinski definition) is 2. The van der Waals surface area contributed by atoms with Crippen LogP contribution in [0, 0.1) is 0 Å². The lowest BCUT2D eigenvalue weighted by Crippen LogP contribution is -2.06. The third-order valence-corrected chi connectivity index (χ3v) is 3.05. The molecule has 5 heteroatoms. The summed E-state index contributed by atoms with van der Waals surface area (Å²) < 4.78 is 5.62. The summed E-state index contributed by atoms with van der Waals surface area (Å²) in [6.07, 6.45) is -0.0371. The highest BCUT2D eigenvalue weighted by Gasteiger charge is 2.08. The molecule has 0 aliphatic carbocycles. The predicted octanol–water partition coefficient (Wildman–Crippen LogP) is 3.13. The number of carboxylic acids is 1. The van der Waals surface area contributed by atoms with Crippen LogP contribution in [0.15, 0.2) is 42.5 Å². The Kier molecular flexibility index (Phi) is 4.48. The van der Waals surface area contributed by atoms with E-state index in [-0.39, 0.29) is 13.0 Å². The van der Waals surface area contributed by atoms with Crippen molar-refractivity contribution >= 4 is 23.3 Å². The maximum atomic E-state index is 10.8. The number of aliphatic carboxylic acids is 1. The van der Waals surface area contributed by atoms with E-state index in [0.717, 1.165) is 11.1 Å². The van der Waals surface area contributed by atoms with Crippen LogP contribution in [-0.2, 0) is 17.8 Å². The molecule has 2 rings (SSSR count). The molecule has 0 fully saturated rings. The van der Waals surface area contributed by atoms with Crippen molar-refractivity contribution in [3.63, 3.8) is 0 Å². The van der Waals surface area contributed by atoms with Crippen LogP contribution in [0.2, 0.25) is 5.02 Å². The van der Waals surface area contributed by atoms with Crippen molar-refractivity contribution in [2.45, 2.75) is 13.0 Å². The van der Waals surface area contributed by atoms with E-state index >= 15 is 0 Å². The van der Waals surface area contributed by atoms with Gasteiger partial charge < -0.3 is 15.6 Å². The minimum atomic E-state index is -0.875. The Morgan fingerprint density at radius 2 is 1.90 bits per heavy atom. The molecule has 2 aromatic rings. The second-order valence-corrected chi connectivity index (χ2v) is 4.75. The van der Waals surface area contributed by atoms with Crippen molar-refractivity contribution in [1.82, 2.24) is 0 Å². The zero-order valence-corrected chi connectivity index (χ0v) is 11.4. The van der Waals surface area contributed by atoms with E-state index in [0.29, 0.717) is 16.5 Å². The number of carbonyl (C=O) groups is 1. The fourth-order valence-corrected chi connectivity index (χ4v) is 1.98. The minimum absolute atomic E-state index is 0.0371. The van der Waals surface area contributed by atoms with Crippen LogP contribution in [-0.4, -0.2) is 11.1 Å². The normalized spacial score (nSPS) is 10.2. The van der Waals surface area contributed by atoms with Gasteiger partial charge in [-0.3, -0.25) is 4.79 Å². The molecule has 3 N–H and O–H groups in total. The van der Waals surface area contributed by atoms with Crippen LogP contribution in [0.3, 0.4) is 0 Å². The van der Waals surface area contributed by atoms with Gasteiger partial charge in [-0.05, 0) is 23.3 Å². The highest BCUT2D eigenvalue weighted by molar-refractivity contribution is 6.30. The number of halogens is 1. The van der Waals surface area contributed by atoms with Gasteiger partial charge in [0.2, 0.25) is 0 Å². The largest absolute Gasteiger partial charge is 0.487 e. The Morgan fingerprint density at radius 1 is 1.20 bits per heavy atom. The zero-order chi connectivity index (χ0) is 14.5. The molecule has 0 heterocycles. The molecule has 0 aliphatic heterocycles. The van der Waals surface area contributed by atoms with Crippen LogP contribution in [0.1, 0.15) is 11.1 Å². The Labute approximate surface area is 121 Å². The topological polar surface area (TPSA) is 72.5 Å². The Balaban J connectivity index is 2.14. The van der Waals surface area contributed by atoms with Crippen LogP contribution in [0.4, 0.5) is 5.69 Å². The number of nitrogen functional groups attached to an aromatic ring is 1. The van der Waals surface area contributed by atoms with Gasteiger partial charge in [0.1, 0.15) is 12.4 Å². The average molecular weight is 292 g/mol. The number of benzene rings is 2. The standard InChI is InChI=1S/C15H14ClNO3/c16-12-5-6-13(17)14(8-12)20-9-11-4-2-1-3-10(11)7-15(18)19/h1-6,8H,7,9,17H2,(H,18,19). The van der Waals surface area contributed by atoms with Crippen molar-refractivity contribution in [1.29, 1.82) is 0 Å². The predicted molar refractivity (Wildman–Crippen MR) is 78.0 cm³/mol. The second-order valence-electron chi connectivity index (χ2n) is 4.31. The summed E-state index contributed by atoms with van der Waals surface area (Å²) in [7, 11) is 0. The molecule has 0 aromatic heterocycles. The molecule has 0 saturated carbocycles. The van der Waals surface area contributed by atoms with Crippen LogP contribution in [0.5, 0.6) is 5.75 Å². The summed E-state index contributed by atoms with van der Waals surface area (Å²) in [5.41, 5.74) is 7.82. The molecule has 0 atom stereocenters. The van der Waals surface area contributed by atoms with Gasteiger partial charge in [-0.25, -0.2) is 0 Å². The molecule has 0 bridgehead atoms. The van der Waals surface area contributed by atoms with Crippen LogP contribution < -0.4 is 10.5 Å². The highest BCUT2D eigenvalue weighted by atomic mass is 35.5. The Hall–Kier alpha value is -2.20. The van der Waals surface area contributed by atoms with E-state index in [1.807, 2.05) is 12.1 Å². The SMILES string of the molecule is Nc1ccc(Cl)cc1OCc1ccccc1CC(=O)O. The van der Waals surface area contributed by atoms with E-state index in [9.17, 15) is 4.79 Å². The molecule has 4 nitrogen and oxygen atoms in total. The molecule has 0 saturated heterocycles. The molecule has 0 aliphatic rings. The van der Waals surface area contributed by atoms with Crippen LogP contribution >= 0.6 is 11.6 Å². The van der Waals surface area contributed by atoms with Gasteiger partial charge in [0.25, 0.3) is 0 Å². The maximum Gasteiger partial charge on any atom is 0.307 e. The maximum absolute atomic E-state index is 10.8. The average Bonchev–Trinajstić information content (AvgIpc) is 2.41. The lowest BCUT2D eigenvalue weighted by molar-refractivity contribution is -0.136. The number of ether oxygens (including phenoxy) is 1. The lowest BCUT2D eigenvalue weighted by Gasteiger charge is -2.11. The minimum Gasteiger partial charge on any atom is -0.487 e. The number of hydrogen-bond acceptors (Lipinski definition) is 3. The third-order valence-electron chi connectivity index (χ3n) is 2.82. The molecule has 0 radical (unpaired) electrons. The molecular weight excluding hydrogens is 278 g/mol. The second kappa shape index (κ2) is 6.30. The lowest BCUT2D eigenvalue weighted by atomic mass is 10.1. The first-order chi connectivity index (χ1) is 9.56. The van der Waals surface area contributed by atoms with Gasteiger partial charge in [0, 0.05) is 11.1 Å². The first-order valence-electron chi connectivity index (χ1n) is 6.02. The molecular formula is C15H14ClNO3. The fraction of sp³-hybridized carbons (Fsp3) is 0.133. The van der Waals surface area contributed by atoms with Crippen LogP contribution in [0.25, 0.3) is 0 Å². The summed E-state index contributed by atoms with van der Waals surface area (Å²) in [6.45, 7) is 0.244. The summed E-state index contributed by atoms with van der Waals surface area (Å²) in [5, 5.41) is 9.41. The van der Waals surface area contributed by atoms with E-state index in [2.05, 4.69) is 0 Å². The van der Waals surface area contributed by atoms with Gasteiger partial charge in [-0.15, -0.1) is 0 Å². The van der Waals surface area contributed by atoms with E-state index in [1.165, 1.54) is 0 Å². The smallest absolute Gasteiger partial charge is 0.307 e. The van der Waals surface area contributed by atoms with E-state index in [4.69, 9.17) is 27.2 Å². The number of rotatable bonds is 5. The van der Waals surface area contributed by atoms with Crippen molar-refractivity contribution < 1.29 is 14.6 Å². The Morgan fingerprint density at radius 3 is 2.60 bits per heavy atom. The van der Waals surface area contributed by atoms with Gasteiger partial charge >= 0.3 is 5.97 Å². The number of nitrogens with two attached hydrogens (primary N) is 1. The number of anilines is 1. The molecule has 2 aromatic carbocycles. The van der Waals surface area contributed by atoms with Gasteiger partial charge in [-0.1, -0.05) is 35.9 Å². The zero-order valence-electron chi connectivity index (χ0n) is 10.7. The molecule has 0 unspecified atom stereocenters. The van der Waals surface area contributed by atoms with Crippen molar-refractivity contribution in [3.05, 3.63) is 58.6 Å². The van der Waals surface area contributed by atoms with Crippen molar-refractivity contribution in [3.8, 4) is 5.75 Å². The van der Waals surface area contributed by atoms with E-state index < -0.39 is 5.97 Å². The van der Waals surface area contributed by atoms with Crippen molar-refractivity contribution in [2.75, 3.05) is 5.73 Å². The first-order valence-corrected chi connectivity index (χ1v) is 6.40. The monoisotopic (exact) mass is 291 g/mol. The first kappa shape index (κ1) is 14.2. The summed E-state index contributed by atoms with van der Waals surface area (Å²) in [6, 6.07) is 12.2. The quantitative estimate of drug-likeness (QED) is 0.830. The fourth-order valence-electron chi connectivity index (χ4n) is 1.82. The molecule has 0 amide bonds.